The number of fused-ring (bicyclic) bond motifs is 10. The lowest BCUT2D eigenvalue weighted by atomic mass is 9.68. The summed E-state index contributed by atoms with van der Waals surface area (Å²) in [6.45, 7) is 0. The van der Waals surface area contributed by atoms with Crippen molar-refractivity contribution >= 4 is 0 Å². The Kier molecular flexibility index (Phi) is 3.29. The highest BCUT2D eigenvalue weighted by Crippen LogP contribution is 2.64. The molecule has 0 atom stereocenters. The van der Waals surface area contributed by atoms with E-state index in [-0.39, 0.29) is 5.41 Å². The summed E-state index contributed by atoms with van der Waals surface area (Å²) in [5.41, 5.74) is 13.2. The average molecular weight is 391 g/mol. The van der Waals surface area contributed by atoms with Crippen molar-refractivity contribution < 1.29 is 0 Å². The zero-order valence-corrected chi connectivity index (χ0v) is 17.0. The van der Waals surface area contributed by atoms with Gasteiger partial charge in [0, 0.05) is 0 Å². The topological polar surface area (TPSA) is 0 Å². The Morgan fingerprint density at radius 3 is 1.45 bits per heavy atom. The largest absolute Gasteiger partial charge is 0.0731 e. The molecular formula is C31H19. The van der Waals surface area contributed by atoms with E-state index in [1.54, 1.807) is 0 Å². The Bertz CT molecular complexity index is 1410. The molecule has 0 aliphatic heterocycles. The van der Waals surface area contributed by atoms with Crippen molar-refractivity contribution in [3.63, 3.8) is 0 Å². The minimum atomic E-state index is -0.296. The fourth-order valence-electron chi connectivity index (χ4n) is 5.96. The molecule has 0 saturated carbocycles. The van der Waals surface area contributed by atoms with Crippen LogP contribution in [0.5, 0.6) is 0 Å². The molecule has 5 aromatic rings. The Hall–Kier alpha value is -3.90. The van der Waals surface area contributed by atoms with Crippen LogP contribution >= 0.6 is 0 Å². The minimum absolute atomic E-state index is 0.296. The zero-order valence-electron chi connectivity index (χ0n) is 17.0. The van der Waals surface area contributed by atoms with Crippen LogP contribution in [0.4, 0.5) is 0 Å². The molecule has 1 radical (unpaired) electrons. The first-order valence-electron chi connectivity index (χ1n) is 10.8. The Labute approximate surface area is 182 Å². The molecule has 2 aliphatic carbocycles. The standard InChI is InChI=1S/C31H19/c1-2-11-21(12-3-1)22-16-10-17-26-25-15-6-9-20-29(25)31(30(22)26)27-18-7-4-13-23(27)24-14-5-8-19-28(24)31/h2-20H. The van der Waals surface area contributed by atoms with Gasteiger partial charge in [0.05, 0.1) is 5.41 Å². The molecule has 2 aliphatic rings. The van der Waals surface area contributed by atoms with E-state index < -0.39 is 0 Å². The number of benzene rings is 5. The van der Waals surface area contributed by atoms with Crippen molar-refractivity contribution in [1.29, 1.82) is 0 Å². The van der Waals surface area contributed by atoms with Gasteiger partial charge in [0.2, 0.25) is 0 Å². The fraction of sp³-hybridized carbons (Fsp3) is 0.0323. The van der Waals surface area contributed by atoms with Gasteiger partial charge in [-0.25, -0.2) is 0 Å². The predicted octanol–water partition coefficient (Wildman–Crippen LogP) is 7.50. The van der Waals surface area contributed by atoms with Crippen LogP contribution in [0.15, 0.2) is 115 Å². The molecule has 0 amide bonds. The third kappa shape index (κ3) is 2.00. The highest BCUT2D eigenvalue weighted by Gasteiger charge is 2.52. The average Bonchev–Trinajstić information content (AvgIpc) is 3.32. The van der Waals surface area contributed by atoms with Gasteiger partial charge in [-0.1, -0.05) is 115 Å². The molecule has 0 heterocycles. The highest BCUT2D eigenvalue weighted by molar-refractivity contribution is 5.98. The lowest BCUT2D eigenvalue weighted by Crippen LogP contribution is -2.26. The van der Waals surface area contributed by atoms with Gasteiger partial charge < -0.3 is 0 Å². The van der Waals surface area contributed by atoms with Crippen LogP contribution in [0.2, 0.25) is 0 Å². The molecule has 0 unspecified atom stereocenters. The summed E-state index contributed by atoms with van der Waals surface area (Å²) in [7, 11) is 0. The lowest BCUT2D eigenvalue weighted by Gasteiger charge is -2.32. The first-order chi connectivity index (χ1) is 15.4. The molecule has 1 spiro atoms. The van der Waals surface area contributed by atoms with Gasteiger partial charge >= 0.3 is 0 Å². The maximum Gasteiger partial charge on any atom is 0.0731 e. The van der Waals surface area contributed by atoms with Crippen molar-refractivity contribution in [3.05, 3.63) is 144 Å². The zero-order chi connectivity index (χ0) is 20.4. The van der Waals surface area contributed by atoms with Crippen molar-refractivity contribution in [2.24, 2.45) is 0 Å². The van der Waals surface area contributed by atoms with Gasteiger partial charge in [0.1, 0.15) is 0 Å². The molecule has 143 valence electrons. The molecule has 31 heavy (non-hydrogen) atoms. The monoisotopic (exact) mass is 391 g/mol. The second-order valence-corrected chi connectivity index (χ2v) is 8.40. The summed E-state index contributed by atoms with van der Waals surface area (Å²) < 4.78 is 0. The molecule has 0 aromatic heterocycles. The summed E-state index contributed by atoms with van der Waals surface area (Å²) in [6.07, 6.45) is 0. The van der Waals surface area contributed by atoms with Crippen LogP contribution in [0.1, 0.15) is 22.3 Å². The van der Waals surface area contributed by atoms with Crippen LogP contribution in [0.25, 0.3) is 33.4 Å². The molecular weight excluding hydrogens is 372 g/mol. The quantitative estimate of drug-likeness (QED) is 0.272. The van der Waals surface area contributed by atoms with E-state index in [4.69, 9.17) is 0 Å². The van der Waals surface area contributed by atoms with E-state index in [9.17, 15) is 0 Å². The van der Waals surface area contributed by atoms with Crippen LogP contribution in [0.3, 0.4) is 0 Å². The van der Waals surface area contributed by atoms with Gasteiger partial charge in [0.15, 0.2) is 0 Å². The van der Waals surface area contributed by atoms with E-state index in [1.807, 2.05) is 12.1 Å². The SMILES string of the molecule is [c]1ccc(-c2cccc3c2C2(c4ccccc4-c4ccccc42)c2ccccc2-3)cc1. The van der Waals surface area contributed by atoms with Crippen molar-refractivity contribution in [1.82, 2.24) is 0 Å². The van der Waals surface area contributed by atoms with Crippen molar-refractivity contribution in [2.45, 2.75) is 5.41 Å². The fourth-order valence-corrected chi connectivity index (χ4v) is 5.96. The summed E-state index contributed by atoms with van der Waals surface area (Å²) in [4.78, 5) is 0. The summed E-state index contributed by atoms with van der Waals surface area (Å²) in [5, 5.41) is 0. The highest BCUT2D eigenvalue weighted by atomic mass is 14.5. The minimum Gasteiger partial charge on any atom is -0.0619 e. The Balaban J connectivity index is 1.72. The van der Waals surface area contributed by atoms with Crippen LogP contribution in [0, 0.1) is 6.07 Å². The van der Waals surface area contributed by atoms with Gasteiger partial charge in [-0.05, 0) is 61.7 Å². The Morgan fingerprint density at radius 2 is 0.871 bits per heavy atom. The van der Waals surface area contributed by atoms with E-state index >= 15 is 0 Å². The van der Waals surface area contributed by atoms with Gasteiger partial charge in [-0.3, -0.25) is 0 Å². The molecule has 0 nitrogen and oxygen atoms in total. The van der Waals surface area contributed by atoms with E-state index in [0.717, 1.165) is 0 Å². The normalized spacial score (nSPS) is 14.1. The lowest BCUT2D eigenvalue weighted by molar-refractivity contribution is 0.796. The molecule has 0 heteroatoms. The van der Waals surface area contributed by atoms with E-state index in [0.29, 0.717) is 0 Å². The predicted molar refractivity (Wildman–Crippen MR) is 127 cm³/mol. The molecule has 0 saturated heterocycles. The molecule has 0 N–H and O–H groups in total. The smallest absolute Gasteiger partial charge is 0.0619 e. The molecule has 7 rings (SSSR count). The first kappa shape index (κ1) is 16.8. The van der Waals surface area contributed by atoms with Gasteiger partial charge in [-0.15, -0.1) is 0 Å². The molecule has 0 bridgehead atoms. The second-order valence-electron chi connectivity index (χ2n) is 8.40. The van der Waals surface area contributed by atoms with E-state index in [1.165, 1.54) is 55.6 Å². The molecule has 0 fully saturated rings. The second kappa shape index (κ2) is 6.06. The van der Waals surface area contributed by atoms with Crippen LogP contribution in [-0.4, -0.2) is 0 Å². The molecule has 5 aromatic carbocycles. The number of hydrogen-bond donors (Lipinski definition) is 0. The Morgan fingerprint density at radius 1 is 0.419 bits per heavy atom. The van der Waals surface area contributed by atoms with Crippen LogP contribution in [-0.2, 0) is 5.41 Å². The van der Waals surface area contributed by atoms with Gasteiger partial charge in [0.25, 0.3) is 0 Å². The van der Waals surface area contributed by atoms with Crippen molar-refractivity contribution in [3.8, 4) is 33.4 Å². The van der Waals surface area contributed by atoms with Crippen LogP contribution < -0.4 is 0 Å². The van der Waals surface area contributed by atoms with Crippen molar-refractivity contribution in [2.75, 3.05) is 0 Å². The number of rotatable bonds is 1. The maximum absolute atomic E-state index is 3.18. The summed E-state index contributed by atoms with van der Waals surface area (Å²) in [5.74, 6) is 0. The first-order valence-corrected chi connectivity index (χ1v) is 10.8. The van der Waals surface area contributed by atoms with Gasteiger partial charge in [-0.2, -0.15) is 0 Å². The summed E-state index contributed by atoms with van der Waals surface area (Å²) >= 11 is 0. The number of hydrogen-bond acceptors (Lipinski definition) is 0. The third-order valence-electron chi connectivity index (χ3n) is 7.04. The summed E-state index contributed by atoms with van der Waals surface area (Å²) in [6, 6.07) is 45.2. The maximum atomic E-state index is 3.18. The third-order valence-corrected chi connectivity index (χ3v) is 7.04. The van der Waals surface area contributed by atoms with E-state index in [2.05, 4.69) is 109 Å².